The van der Waals surface area contributed by atoms with E-state index >= 15 is 0 Å². The van der Waals surface area contributed by atoms with Crippen LogP contribution in [0.2, 0.25) is 5.02 Å². The molecule has 194 valence electrons. The topological polar surface area (TPSA) is 91.5 Å². The van der Waals surface area contributed by atoms with Crippen LogP contribution in [0.5, 0.6) is 0 Å². The molecule has 3 aromatic rings. The molecular weight excluding hydrogens is 490 g/mol. The largest absolute Gasteiger partial charge is 0.399 e. The zero-order valence-electron chi connectivity index (χ0n) is 20.8. The predicted octanol–water partition coefficient (Wildman–Crippen LogP) is 5.74. The first-order chi connectivity index (χ1) is 17.1. The fourth-order valence-corrected chi connectivity index (χ4v) is 5.03. The molecule has 2 aromatic carbocycles. The average Bonchev–Trinajstić information content (AvgIpc) is 2.83. The van der Waals surface area contributed by atoms with Gasteiger partial charge in [0.25, 0.3) is 5.92 Å². The quantitative estimate of drug-likeness (QED) is 0.366. The summed E-state index contributed by atoms with van der Waals surface area (Å²) in [5.41, 5.74) is 7.55. The minimum Gasteiger partial charge on any atom is -0.399 e. The van der Waals surface area contributed by atoms with Gasteiger partial charge >= 0.3 is 0 Å². The molecule has 1 saturated heterocycles. The third kappa shape index (κ3) is 5.25. The molecule has 36 heavy (non-hydrogen) atoms. The van der Waals surface area contributed by atoms with Gasteiger partial charge in [0.2, 0.25) is 0 Å². The lowest BCUT2D eigenvalue weighted by Gasteiger charge is -2.37. The van der Waals surface area contributed by atoms with Crippen molar-refractivity contribution in [2.45, 2.75) is 44.3 Å². The molecule has 1 aliphatic rings. The number of nitrogens with zero attached hydrogens (tertiary/aromatic N) is 2. The van der Waals surface area contributed by atoms with Gasteiger partial charge in [-0.15, -0.1) is 0 Å². The number of halogens is 3. The van der Waals surface area contributed by atoms with Gasteiger partial charge in [0.1, 0.15) is 18.2 Å². The van der Waals surface area contributed by atoms with Crippen LogP contribution in [0.25, 0.3) is 10.9 Å². The number of aryl methyl sites for hydroxylation is 1. The Morgan fingerprint density at radius 3 is 2.56 bits per heavy atom. The smallest absolute Gasteiger partial charge is 0.296 e. The number of anilines is 2. The number of rotatable bonds is 8. The Kier molecular flexibility index (Phi) is 7.66. The molecule has 0 saturated carbocycles. The Morgan fingerprint density at radius 1 is 1.17 bits per heavy atom. The number of fused-ring (bicyclic) bond motifs is 1. The highest BCUT2D eigenvalue weighted by molar-refractivity contribution is 6.32. The Morgan fingerprint density at radius 2 is 1.89 bits per heavy atom. The van der Waals surface area contributed by atoms with E-state index in [1.807, 2.05) is 19.1 Å². The molecule has 0 unspecified atom stereocenters. The first kappa shape index (κ1) is 26.5. The van der Waals surface area contributed by atoms with Gasteiger partial charge in [-0.2, -0.15) is 8.78 Å². The summed E-state index contributed by atoms with van der Waals surface area (Å²) in [6.07, 6.45) is 1.34. The number of nitrogens with one attached hydrogen (secondary N) is 1. The monoisotopic (exact) mass is 520 g/mol. The highest BCUT2D eigenvalue weighted by Gasteiger charge is 2.37. The number of ether oxygens (including phenoxy) is 3. The number of hydrogen-bond donors (Lipinski definition) is 2. The first-order valence-electron chi connectivity index (χ1n) is 11.7. The van der Waals surface area contributed by atoms with Crippen molar-refractivity contribution >= 4 is 34.0 Å². The van der Waals surface area contributed by atoms with Gasteiger partial charge in [-0.05, 0) is 49.7 Å². The third-order valence-electron chi connectivity index (χ3n) is 6.66. The van der Waals surface area contributed by atoms with E-state index in [2.05, 4.69) is 15.3 Å². The van der Waals surface area contributed by atoms with Gasteiger partial charge < -0.3 is 25.3 Å². The number of nitrogen functional groups attached to an aromatic ring is 1. The Hall–Kier alpha value is -2.59. The average molecular weight is 521 g/mol. The first-order valence-corrected chi connectivity index (χ1v) is 12.1. The van der Waals surface area contributed by atoms with Crippen molar-refractivity contribution in [2.75, 3.05) is 45.1 Å². The van der Waals surface area contributed by atoms with Crippen molar-refractivity contribution in [1.82, 2.24) is 9.97 Å². The Labute approximate surface area is 214 Å². The van der Waals surface area contributed by atoms with Crippen molar-refractivity contribution in [3.63, 3.8) is 0 Å². The molecule has 4 rings (SSSR count). The minimum atomic E-state index is -3.17. The van der Waals surface area contributed by atoms with Gasteiger partial charge in [-0.25, -0.2) is 9.97 Å². The molecule has 10 heteroatoms. The normalized spacial score (nSPS) is 16.8. The second-order valence-electron chi connectivity index (χ2n) is 9.17. The molecule has 7 nitrogen and oxygen atoms in total. The second kappa shape index (κ2) is 10.4. The number of benzene rings is 2. The van der Waals surface area contributed by atoms with Crippen molar-refractivity contribution in [1.29, 1.82) is 0 Å². The van der Waals surface area contributed by atoms with Gasteiger partial charge in [0, 0.05) is 67.5 Å². The fourth-order valence-electron chi connectivity index (χ4n) is 4.70. The van der Waals surface area contributed by atoms with Crippen molar-refractivity contribution in [3.8, 4) is 0 Å². The molecule has 2 heterocycles. The van der Waals surface area contributed by atoms with Crippen LogP contribution in [0.4, 0.5) is 20.3 Å². The van der Waals surface area contributed by atoms with E-state index in [0.717, 1.165) is 10.9 Å². The summed E-state index contributed by atoms with van der Waals surface area (Å²) in [5.74, 6) is -2.05. The van der Waals surface area contributed by atoms with Crippen LogP contribution in [0.3, 0.4) is 0 Å². The maximum atomic E-state index is 14.5. The molecule has 0 bridgehead atoms. The van der Waals surface area contributed by atoms with Crippen LogP contribution in [-0.2, 0) is 25.7 Å². The molecular formula is C26H31ClF2N4O3. The lowest BCUT2D eigenvalue weighted by atomic mass is 9.85. The summed E-state index contributed by atoms with van der Waals surface area (Å²) < 4.78 is 45.3. The number of aromatic nitrogens is 2. The maximum absolute atomic E-state index is 14.5. The molecule has 1 aromatic heterocycles. The van der Waals surface area contributed by atoms with Crippen LogP contribution in [0.15, 0.2) is 30.3 Å². The van der Waals surface area contributed by atoms with E-state index in [-0.39, 0.29) is 17.3 Å². The molecule has 1 atom stereocenters. The second-order valence-corrected chi connectivity index (χ2v) is 9.58. The van der Waals surface area contributed by atoms with Crippen molar-refractivity contribution in [2.24, 2.45) is 0 Å². The molecule has 0 spiro atoms. The lowest BCUT2D eigenvalue weighted by molar-refractivity contribution is -0.0946. The highest BCUT2D eigenvalue weighted by atomic mass is 35.5. The molecule has 0 amide bonds. The summed E-state index contributed by atoms with van der Waals surface area (Å²) >= 11 is 6.72. The van der Waals surface area contributed by atoms with Gasteiger partial charge in [-0.1, -0.05) is 11.6 Å². The fraction of sp³-hybridized carbons (Fsp3) is 0.462. The summed E-state index contributed by atoms with van der Waals surface area (Å²) in [7, 11) is 2.91. The van der Waals surface area contributed by atoms with Crippen LogP contribution < -0.4 is 11.1 Å². The molecule has 3 N–H and O–H groups in total. The van der Waals surface area contributed by atoms with E-state index in [0.29, 0.717) is 53.8 Å². The standard InChI is InChI=1S/C26H31ClF2N4O3/c1-15(17-9-18(11-19(30)10-17)26(28,29)14-34-3)31-24-20-12-21(25(35-4)5-7-36-8-6-25)22(27)13-23(20)32-16(2)33-24/h9-13,15H,5-8,14,30H2,1-4H3,(H,31,32,33)/t15-/m1/s1. The van der Waals surface area contributed by atoms with Crippen molar-refractivity contribution < 1.29 is 23.0 Å². The zero-order valence-corrected chi connectivity index (χ0v) is 21.6. The maximum Gasteiger partial charge on any atom is 0.296 e. The van der Waals surface area contributed by atoms with E-state index in [4.69, 9.17) is 31.5 Å². The number of nitrogens with two attached hydrogens (primary N) is 1. The van der Waals surface area contributed by atoms with Crippen LogP contribution in [-0.4, -0.2) is 44.0 Å². The summed E-state index contributed by atoms with van der Waals surface area (Å²) in [4.78, 5) is 9.18. The van der Waals surface area contributed by atoms with Crippen molar-refractivity contribution in [3.05, 3.63) is 57.9 Å². The highest BCUT2D eigenvalue weighted by Crippen LogP contribution is 2.42. The molecule has 1 aliphatic heterocycles. The predicted molar refractivity (Wildman–Crippen MR) is 137 cm³/mol. The molecule has 0 aliphatic carbocycles. The minimum absolute atomic E-state index is 0.202. The van der Waals surface area contributed by atoms with E-state index in [1.165, 1.54) is 19.2 Å². The zero-order chi connectivity index (χ0) is 26.1. The van der Waals surface area contributed by atoms with Gasteiger partial charge in [0.05, 0.1) is 17.2 Å². The van der Waals surface area contributed by atoms with Crippen LogP contribution >= 0.6 is 11.6 Å². The number of alkyl halides is 2. The van der Waals surface area contributed by atoms with Gasteiger partial charge in [0.15, 0.2) is 0 Å². The summed E-state index contributed by atoms with van der Waals surface area (Å²) in [6.45, 7) is 4.06. The molecule has 0 radical (unpaired) electrons. The van der Waals surface area contributed by atoms with E-state index < -0.39 is 18.1 Å². The van der Waals surface area contributed by atoms with E-state index in [9.17, 15) is 8.78 Å². The number of methoxy groups -OCH3 is 2. The Bertz CT molecular complexity index is 1250. The van der Waals surface area contributed by atoms with Gasteiger partial charge in [-0.3, -0.25) is 0 Å². The summed E-state index contributed by atoms with van der Waals surface area (Å²) in [5, 5.41) is 4.68. The van der Waals surface area contributed by atoms with Crippen LogP contribution in [0, 0.1) is 6.92 Å². The summed E-state index contributed by atoms with van der Waals surface area (Å²) in [6, 6.07) is 7.76. The third-order valence-corrected chi connectivity index (χ3v) is 6.97. The molecule has 1 fully saturated rings. The Balaban J connectivity index is 1.75. The lowest BCUT2D eigenvalue weighted by Crippen LogP contribution is -2.35. The van der Waals surface area contributed by atoms with Crippen LogP contribution in [0.1, 0.15) is 48.3 Å². The number of hydrogen-bond acceptors (Lipinski definition) is 7. The van der Waals surface area contributed by atoms with E-state index in [1.54, 1.807) is 20.1 Å². The SMILES string of the molecule is COCC(F)(F)c1cc(N)cc([C@@H](C)Nc2nc(C)nc3cc(Cl)c(C4(OC)CCOCC4)cc23)c1.